The van der Waals surface area contributed by atoms with Crippen molar-refractivity contribution in [2.45, 2.75) is 17.9 Å². The van der Waals surface area contributed by atoms with E-state index in [1.807, 2.05) is 4.72 Å². The Kier molecular flexibility index (Phi) is 4.07. The van der Waals surface area contributed by atoms with Crippen molar-refractivity contribution in [3.63, 3.8) is 0 Å². The molecule has 1 rings (SSSR count). The summed E-state index contributed by atoms with van der Waals surface area (Å²) in [6, 6.07) is 1.47. The fourth-order valence-electron chi connectivity index (χ4n) is 1.03. The Morgan fingerprint density at radius 1 is 1.53 bits per heavy atom. The van der Waals surface area contributed by atoms with E-state index >= 15 is 0 Å². The lowest BCUT2D eigenvalue weighted by atomic mass is 10.3. The van der Waals surface area contributed by atoms with Gasteiger partial charge in [0.2, 0.25) is 10.0 Å². The third kappa shape index (κ3) is 3.39. The minimum absolute atomic E-state index is 0.184. The van der Waals surface area contributed by atoms with Crippen molar-refractivity contribution < 1.29 is 22.7 Å². The van der Waals surface area contributed by atoms with E-state index in [4.69, 9.17) is 16.7 Å². The number of halogens is 2. The van der Waals surface area contributed by atoms with E-state index in [9.17, 15) is 17.6 Å². The molecule has 1 aromatic carbocycles. The normalized spacial score (nSPS) is 13.4. The van der Waals surface area contributed by atoms with Crippen LogP contribution in [0.15, 0.2) is 23.1 Å². The molecule has 0 amide bonds. The van der Waals surface area contributed by atoms with Crippen molar-refractivity contribution in [3.05, 3.63) is 29.0 Å². The molecule has 0 aliphatic carbocycles. The maximum absolute atomic E-state index is 12.9. The van der Waals surface area contributed by atoms with Gasteiger partial charge in [-0.3, -0.25) is 4.79 Å². The molecule has 1 aromatic rings. The number of hydrogen-bond acceptors (Lipinski definition) is 3. The molecule has 0 saturated carbocycles. The van der Waals surface area contributed by atoms with Crippen LogP contribution < -0.4 is 4.72 Å². The third-order valence-corrected chi connectivity index (χ3v) is 3.91. The molecule has 0 spiro atoms. The lowest BCUT2D eigenvalue weighted by molar-refractivity contribution is -0.138. The zero-order chi connectivity index (χ0) is 13.2. The summed E-state index contributed by atoms with van der Waals surface area (Å²) in [5, 5.41) is 8.40. The first-order valence-corrected chi connectivity index (χ1v) is 6.30. The second kappa shape index (κ2) is 4.99. The molecule has 0 fully saturated rings. The van der Waals surface area contributed by atoms with Crippen LogP contribution in [0, 0.1) is 5.82 Å². The van der Waals surface area contributed by atoms with Crippen molar-refractivity contribution >= 4 is 27.6 Å². The maximum atomic E-state index is 12.9. The number of benzene rings is 1. The number of aliphatic carboxylic acids is 1. The largest absolute Gasteiger partial charge is 0.480 e. The Labute approximate surface area is 102 Å². The van der Waals surface area contributed by atoms with Crippen molar-refractivity contribution in [3.8, 4) is 0 Å². The van der Waals surface area contributed by atoms with Gasteiger partial charge in [0.1, 0.15) is 16.8 Å². The Hall–Kier alpha value is -1.18. The van der Waals surface area contributed by atoms with Gasteiger partial charge in [0.25, 0.3) is 0 Å². The minimum Gasteiger partial charge on any atom is -0.480 e. The van der Waals surface area contributed by atoms with Crippen molar-refractivity contribution in [1.29, 1.82) is 0 Å². The first kappa shape index (κ1) is 13.9. The summed E-state index contributed by atoms with van der Waals surface area (Å²) in [5.74, 6) is -2.13. The molecular formula is C9H9ClFNO4S. The second-order valence-corrected chi connectivity index (χ2v) is 5.35. The number of nitrogens with one attached hydrogen (secondary N) is 1. The van der Waals surface area contributed by atoms with Gasteiger partial charge >= 0.3 is 5.97 Å². The number of carboxylic acid groups (broad SMARTS) is 1. The Balaban J connectivity index is 3.13. The third-order valence-electron chi connectivity index (χ3n) is 1.89. The van der Waals surface area contributed by atoms with Crippen molar-refractivity contribution in [2.24, 2.45) is 0 Å². The van der Waals surface area contributed by atoms with Crippen LogP contribution in [0.4, 0.5) is 4.39 Å². The molecule has 5 nitrogen and oxygen atoms in total. The van der Waals surface area contributed by atoms with Gasteiger partial charge in [0.15, 0.2) is 0 Å². The molecule has 1 atom stereocenters. The predicted octanol–water partition coefficient (Wildman–Crippen LogP) is 1.23. The van der Waals surface area contributed by atoms with Gasteiger partial charge in [0, 0.05) is 0 Å². The monoisotopic (exact) mass is 281 g/mol. The number of carboxylic acids is 1. The van der Waals surface area contributed by atoms with E-state index in [-0.39, 0.29) is 5.02 Å². The first-order chi connectivity index (χ1) is 7.74. The Bertz CT molecular complexity index is 546. The molecule has 0 radical (unpaired) electrons. The highest BCUT2D eigenvalue weighted by Gasteiger charge is 2.24. The Morgan fingerprint density at radius 3 is 2.65 bits per heavy atom. The summed E-state index contributed by atoms with van der Waals surface area (Å²) < 4.78 is 38.2. The molecule has 0 unspecified atom stereocenters. The summed E-state index contributed by atoms with van der Waals surface area (Å²) in [5.41, 5.74) is 0. The molecule has 0 aliphatic rings. The minimum atomic E-state index is -4.16. The zero-order valence-electron chi connectivity index (χ0n) is 8.65. The number of carbonyl (C=O) groups is 1. The maximum Gasteiger partial charge on any atom is 0.321 e. The van der Waals surface area contributed by atoms with Crippen LogP contribution >= 0.6 is 11.6 Å². The first-order valence-electron chi connectivity index (χ1n) is 4.44. The fourth-order valence-corrected chi connectivity index (χ4v) is 2.74. The van der Waals surface area contributed by atoms with Gasteiger partial charge in [-0.2, -0.15) is 4.72 Å². The molecular weight excluding hydrogens is 273 g/mol. The van der Waals surface area contributed by atoms with E-state index in [1.54, 1.807) is 0 Å². The van der Waals surface area contributed by atoms with Crippen LogP contribution in [-0.2, 0) is 14.8 Å². The quantitative estimate of drug-likeness (QED) is 0.869. The fraction of sp³-hybridized carbons (Fsp3) is 0.222. The highest BCUT2D eigenvalue weighted by Crippen LogP contribution is 2.22. The van der Waals surface area contributed by atoms with Gasteiger partial charge in [-0.15, -0.1) is 0 Å². The number of rotatable bonds is 4. The number of hydrogen-bond donors (Lipinski definition) is 2. The highest BCUT2D eigenvalue weighted by molar-refractivity contribution is 7.89. The molecule has 94 valence electrons. The Morgan fingerprint density at radius 2 is 2.12 bits per heavy atom. The summed E-state index contributed by atoms with van der Waals surface area (Å²) >= 11 is 5.61. The summed E-state index contributed by atoms with van der Waals surface area (Å²) in [4.78, 5) is 10.0. The molecule has 0 heterocycles. The lowest BCUT2D eigenvalue weighted by Crippen LogP contribution is -2.38. The molecule has 2 N–H and O–H groups in total. The van der Waals surface area contributed by atoms with E-state index in [0.29, 0.717) is 0 Å². The van der Waals surface area contributed by atoms with E-state index in [1.165, 1.54) is 0 Å². The summed E-state index contributed by atoms with van der Waals surface area (Å²) in [7, 11) is -4.16. The van der Waals surface area contributed by atoms with Crippen LogP contribution in [0.1, 0.15) is 6.92 Å². The van der Waals surface area contributed by atoms with Crippen LogP contribution in [-0.4, -0.2) is 25.5 Å². The van der Waals surface area contributed by atoms with Crippen LogP contribution in [0.5, 0.6) is 0 Å². The van der Waals surface area contributed by atoms with Gasteiger partial charge in [-0.1, -0.05) is 11.6 Å². The van der Waals surface area contributed by atoms with Gasteiger partial charge in [-0.25, -0.2) is 12.8 Å². The number of sulfonamides is 1. The topological polar surface area (TPSA) is 83.5 Å². The van der Waals surface area contributed by atoms with Crippen LogP contribution in [0.2, 0.25) is 5.02 Å². The smallest absolute Gasteiger partial charge is 0.321 e. The van der Waals surface area contributed by atoms with E-state index in [2.05, 4.69) is 0 Å². The average molecular weight is 282 g/mol. The summed E-state index contributed by atoms with van der Waals surface area (Å²) in [6.45, 7) is 1.15. The van der Waals surface area contributed by atoms with Crippen LogP contribution in [0.3, 0.4) is 0 Å². The standard InChI is InChI=1S/C9H9ClFNO4S/c1-5(9(13)14)12-17(15,16)8-4-6(11)2-3-7(8)10/h2-5,12H,1H3,(H,13,14)/t5-/m0/s1. The van der Waals surface area contributed by atoms with Gasteiger partial charge in [0.05, 0.1) is 5.02 Å². The summed E-state index contributed by atoms with van der Waals surface area (Å²) in [6.07, 6.45) is 0. The average Bonchev–Trinajstić information content (AvgIpc) is 2.20. The SMILES string of the molecule is C[C@H](NS(=O)(=O)c1cc(F)ccc1Cl)C(=O)O. The molecule has 0 saturated heterocycles. The highest BCUT2D eigenvalue weighted by atomic mass is 35.5. The van der Waals surface area contributed by atoms with E-state index < -0.39 is 32.7 Å². The van der Waals surface area contributed by atoms with Crippen LogP contribution in [0.25, 0.3) is 0 Å². The zero-order valence-corrected chi connectivity index (χ0v) is 10.2. The van der Waals surface area contributed by atoms with Crippen molar-refractivity contribution in [1.82, 2.24) is 4.72 Å². The molecule has 17 heavy (non-hydrogen) atoms. The van der Waals surface area contributed by atoms with E-state index in [0.717, 1.165) is 25.1 Å². The van der Waals surface area contributed by atoms with Gasteiger partial charge < -0.3 is 5.11 Å². The molecule has 0 bridgehead atoms. The lowest BCUT2D eigenvalue weighted by Gasteiger charge is -2.11. The molecule has 0 aliphatic heterocycles. The van der Waals surface area contributed by atoms with Gasteiger partial charge in [-0.05, 0) is 25.1 Å². The second-order valence-electron chi connectivity index (χ2n) is 3.26. The van der Waals surface area contributed by atoms with Crippen molar-refractivity contribution in [2.75, 3.05) is 0 Å². The molecule has 8 heteroatoms. The predicted molar refractivity (Wildman–Crippen MR) is 58.8 cm³/mol. The molecule has 0 aromatic heterocycles.